The molecule has 1 aliphatic heterocycles. The molecule has 7 nitrogen and oxygen atoms in total. The van der Waals surface area contributed by atoms with Crippen molar-refractivity contribution in [3.05, 3.63) is 42.0 Å². The molecule has 1 saturated heterocycles. The first-order valence-corrected chi connectivity index (χ1v) is 9.26. The number of amides is 1. The first kappa shape index (κ1) is 18.4. The molecule has 1 aliphatic rings. The summed E-state index contributed by atoms with van der Waals surface area (Å²) in [4.78, 5) is 18.0. The van der Waals surface area contributed by atoms with Gasteiger partial charge in [0.1, 0.15) is 19.3 Å². The maximum Gasteiger partial charge on any atom is 0.407 e. The molecule has 0 saturated carbocycles. The highest BCUT2D eigenvalue weighted by Gasteiger charge is 2.24. The molecular weight excluding hydrogens is 330 g/mol. The lowest BCUT2D eigenvalue weighted by atomic mass is 10.0. The van der Waals surface area contributed by atoms with Crippen molar-refractivity contribution in [2.45, 2.75) is 45.7 Å². The number of hydrogen-bond donors (Lipinski definition) is 1. The van der Waals surface area contributed by atoms with Crippen molar-refractivity contribution in [1.29, 1.82) is 0 Å². The number of benzene rings is 1. The molecule has 140 valence electrons. The number of carbonyl (C=O) groups is 1. The fourth-order valence-corrected chi connectivity index (χ4v) is 3.46. The molecule has 0 aliphatic carbocycles. The van der Waals surface area contributed by atoms with Crippen LogP contribution in [0.15, 0.2) is 30.9 Å². The van der Waals surface area contributed by atoms with E-state index in [4.69, 9.17) is 4.74 Å². The number of ether oxygens (including phenoxy) is 1. The van der Waals surface area contributed by atoms with Crippen molar-refractivity contribution in [1.82, 2.24) is 25.0 Å². The number of nitrogens with zero attached hydrogens (tertiary/aromatic N) is 4. The number of aryl methyl sites for hydroxylation is 1. The zero-order valence-corrected chi connectivity index (χ0v) is 15.5. The Bertz CT molecular complexity index is 717. The van der Waals surface area contributed by atoms with Gasteiger partial charge in [-0.1, -0.05) is 18.6 Å². The lowest BCUT2D eigenvalue weighted by Crippen LogP contribution is -2.43. The third-order valence-electron chi connectivity index (χ3n) is 4.79. The highest BCUT2D eigenvalue weighted by molar-refractivity contribution is 5.66. The van der Waals surface area contributed by atoms with Gasteiger partial charge in [-0.15, -0.1) is 0 Å². The molecule has 7 heteroatoms. The molecule has 26 heavy (non-hydrogen) atoms. The maximum atomic E-state index is 11.6. The van der Waals surface area contributed by atoms with Crippen molar-refractivity contribution >= 4 is 6.09 Å². The van der Waals surface area contributed by atoms with E-state index in [1.165, 1.54) is 24.0 Å². The molecule has 1 aromatic carbocycles. The Morgan fingerprint density at radius 2 is 2.27 bits per heavy atom. The van der Waals surface area contributed by atoms with Crippen molar-refractivity contribution in [2.24, 2.45) is 0 Å². The van der Waals surface area contributed by atoms with E-state index in [1.807, 2.05) is 6.92 Å². The predicted molar refractivity (Wildman–Crippen MR) is 99.2 cm³/mol. The van der Waals surface area contributed by atoms with Gasteiger partial charge in [-0.05, 0) is 50.4 Å². The van der Waals surface area contributed by atoms with Crippen LogP contribution in [0.1, 0.15) is 37.3 Å². The van der Waals surface area contributed by atoms with Crippen molar-refractivity contribution < 1.29 is 9.53 Å². The molecule has 2 heterocycles. The molecule has 3 rings (SSSR count). The van der Waals surface area contributed by atoms with Gasteiger partial charge >= 0.3 is 6.09 Å². The average Bonchev–Trinajstić information content (AvgIpc) is 3.16. The van der Waals surface area contributed by atoms with E-state index in [2.05, 4.69) is 45.4 Å². The van der Waals surface area contributed by atoms with Gasteiger partial charge in [0.15, 0.2) is 0 Å². The second-order valence-electron chi connectivity index (χ2n) is 6.71. The van der Waals surface area contributed by atoms with E-state index in [0.29, 0.717) is 13.2 Å². The number of aromatic nitrogens is 3. The van der Waals surface area contributed by atoms with Crippen molar-refractivity contribution in [3.63, 3.8) is 0 Å². The fraction of sp³-hybridized carbons (Fsp3) is 0.526. The summed E-state index contributed by atoms with van der Waals surface area (Å²) in [6.45, 7) is 6.91. The summed E-state index contributed by atoms with van der Waals surface area (Å²) in [5.41, 5.74) is 3.47. The van der Waals surface area contributed by atoms with Crippen LogP contribution in [0.25, 0.3) is 5.69 Å². The van der Waals surface area contributed by atoms with Crippen LogP contribution in [0.3, 0.4) is 0 Å². The van der Waals surface area contributed by atoms with Gasteiger partial charge in [-0.2, -0.15) is 5.10 Å². The van der Waals surface area contributed by atoms with Gasteiger partial charge in [-0.25, -0.2) is 14.5 Å². The minimum absolute atomic E-state index is 0.279. The molecule has 1 unspecified atom stereocenters. The zero-order valence-electron chi connectivity index (χ0n) is 15.5. The summed E-state index contributed by atoms with van der Waals surface area (Å²) in [6, 6.07) is 6.71. The summed E-state index contributed by atoms with van der Waals surface area (Å²) >= 11 is 0. The lowest BCUT2D eigenvalue weighted by molar-refractivity contribution is 0.0642. The summed E-state index contributed by atoms with van der Waals surface area (Å²) in [6.07, 6.45) is 6.36. The zero-order chi connectivity index (χ0) is 18.4. The van der Waals surface area contributed by atoms with Crippen LogP contribution in [-0.2, 0) is 11.3 Å². The van der Waals surface area contributed by atoms with Gasteiger partial charge < -0.3 is 10.1 Å². The van der Waals surface area contributed by atoms with Crippen molar-refractivity contribution in [2.75, 3.05) is 19.7 Å². The lowest BCUT2D eigenvalue weighted by Gasteiger charge is -2.35. The summed E-state index contributed by atoms with van der Waals surface area (Å²) in [5, 5.41) is 6.89. The Kier molecular flexibility index (Phi) is 6.22. The number of nitrogens with one attached hydrogen (secondary N) is 1. The molecule has 2 aromatic rings. The first-order chi connectivity index (χ1) is 12.7. The molecule has 0 radical (unpaired) electrons. The van der Waals surface area contributed by atoms with E-state index < -0.39 is 0 Å². The van der Waals surface area contributed by atoms with Crippen LogP contribution < -0.4 is 5.32 Å². The van der Waals surface area contributed by atoms with Crippen molar-refractivity contribution in [3.8, 4) is 5.69 Å². The monoisotopic (exact) mass is 357 g/mol. The van der Waals surface area contributed by atoms with E-state index in [1.54, 1.807) is 17.3 Å². The average molecular weight is 357 g/mol. The highest BCUT2D eigenvalue weighted by atomic mass is 16.5. The Hall–Kier alpha value is -2.41. The Morgan fingerprint density at radius 3 is 3.00 bits per heavy atom. The highest BCUT2D eigenvalue weighted by Crippen LogP contribution is 2.22. The van der Waals surface area contributed by atoms with Gasteiger partial charge in [0.25, 0.3) is 0 Å². The molecule has 1 N–H and O–H groups in total. The first-order valence-electron chi connectivity index (χ1n) is 9.26. The predicted octanol–water partition coefficient (Wildman–Crippen LogP) is 2.68. The number of piperidine rings is 1. The minimum atomic E-state index is -0.328. The van der Waals surface area contributed by atoms with Crippen LogP contribution in [0, 0.1) is 6.92 Å². The standard InChI is InChI=1S/C19H27N5O2/c1-3-21-19(25)26-12-17-6-4-5-9-23(17)11-16-7-8-18(15(2)10-16)24-14-20-13-22-24/h7-8,10,13-14,17H,3-6,9,11-12H2,1-2H3,(H,21,25). The largest absolute Gasteiger partial charge is 0.448 e. The van der Waals surface area contributed by atoms with Crippen LogP contribution in [-0.4, -0.2) is 51.5 Å². The van der Waals surface area contributed by atoms with Crippen LogP contribution >= 0.6 is 0 Å². The number of carbonyl (C=O) groups excluding carboxylic acids is 1. The number of hydrogen-bond acceptors (Lipinski definition) is 5. The second-order valence-corrected chi connectivity index (χ2v) is 6.71. The third-order valence-corrected chi connectivity index (χ3v) is 4.79. The smallest absolute Gasteiger partial charge is 0.407 e. The summed E-state index contributed by atoms with van der Waals surface area (Å²) < 4.78 is 7.15. The minimum Gasteiger partial charge on any atom is -0.448 e. The molecule has 1 aromatic heterocycles. The molecule has 1 fully saturated rings. The number of likely N-dealkylation sites (tertiary alicyclic amines) is 1. The number of alkyl carbamates (subject to hydrolysis) is 1. The quantitative estimate of drug-likeness (QED) is 0.860. The van der Waals surface area contributed by atoms with E-state index in [0.717, 1.165) is 25.2 Å². The SMILES string of the molecule is CCNC(=O)OCC1CCCCN1Cc1ccc(-n2cncn2)c(C)c1. The Morgan fingerprint density at radius 1 is 1.38 bits per heavy atom. The van der Waals surface area contributed by atoms with Crippen LogP contribution in [0.4, 0.5) is 4.79 Å². The van der Waals surface area contributed by atoms with Gasteiger partial charge in [-0.3, -0.25) is 4.90 Å². The summed E-state index contributed by atoms with van der Waals surface area (Å²) in [7, 11) is 0. The normalized spacial score (nSPS) is 17.8. The van der Waals surface area contributed by atoms with E-state index in [-0.39, 0.29) is 12.1 Å². The maximum absolute atomic E-state index is 11.6. The molecule has 1 amide bonds. The van der Waals surface area contributed by atoms with E-state index >= 15 is 0 Å². The van der Waals surface area contributed by atoms with Gasteiger partial charge in [0, 0.05) is 19.1 Å². The molecule has 0 spiro atoms. The van der Waals surface area contributed by atoms with Gasteiger partial charge in [0.2, 0.25) is 0 Å². The topological polar surface area (TPSA) is 72.3 Å². The molecule has 0 bridgehead atoms. The van der Waals surface area contributed by atoms with Gasteiger partial charge in [0.05, 0.1) is 5.69 Å². The van der Waals surface area contributed by atoms with Crippen LogP contribution in [0.5, 0.6) is 0 Å². The third kappa shape index (κ3) is 4.60. The summed E-state index contributed by atoms with van der Waals surface area (Å²) in [5.74, 6) is 0. The molecular formula is C19H27N5O2. The molecule has 1 atom stereocenters. The Balaban J connectivity index is 1.64. The van der Waals surface area contributed by atoms with E-state index in [9.17, 15) is 4.79 Å². The Labute approximate surface area is 154 Å². The number of rotatable bonds is 6. The second kappa shape index (κ2) is 8.80. The fourth-order valence-electron chi connectivity index (χ4n) is 3.46. The van der Waals surface area contributed by atoms with Crippen LogP contribution in [0.2, 0.25) is 0 Å².